The molecule has 20 heavy (non-hydrogen) atoms. The molecule has 1 aromatic rings. The third-order valence-corrected chi connectivity index (χ3v) is 4.88. The number of nitrogens with zero attached hydrogens (tertiary/aromatic N) is 1. The fourth-order valence-electron chi connectivity index (χ4n) is 4.28. The van der Waals surface area contributed by atoms with Gasteiger partial charge in [-0.05, 0) is 25.5 Å². The second kappa shape index (κ2) is 5.41. The fraction of sp³-hybridized carbons (Fsp3) is 0.625. The third-order valence-electron chi connectivity index (χ3n) is 4.88. The highest BCUT2D eigenvalue weighted by molar-refractivity contribution is 5.25. The lowest BCUT2D eigenvalue weighted by molar-refractivity contribution is 0.140. The fourth-order valence-corrected chi connectivity index (χ4v) is 4.28. The van der Waals surface area contributed by atoms with Gasteiger partial charge in [-0.2, -0.15) is 0 Å². The highest BCUT2D eigenvalue weighted by Crippen LogP contribution is 2.52. The van der Waals surface area contributed by atoms with Gasteiger partial charge in [-0.15, -0.1) is 0 Å². The summed E-state index contributed by atoms with van der Waals surface area (Å²) in [5.41, 5.74) is 0.896. The lowest BCUT2D eigenvalue weighted by atomic mass is 9.87. The van der Waals surface area contributed by atoms with Gasteiger partial charge in [0.25, 0.3) is 0 Å². The molecule has 0 spiro atoms. The first-order valence-corrected chi connectivity index (χ1v) is 7.36. The van der Waals surface area contributed by atoms with Crippen molar-refractivity contribution in [2.75, 3.05) is 26.8 Å². The lowest BCUT2D eigenvalue weighted by Crippen LogP contribution is -2.46. The molecule has 0 saturated carbocycles. The van der Waals surface area contributed by atoms with Crippen LogP contribution in [0.3, 0.4) is 0 Å². The molecule has 0 aromatic heterocycles. The van der Waals surface area contributed by atoms with Gasteiger partial charge in [-0.25, -0.2) is 4.39 Å². The summed E-state index contributed by atoms with van der Waals surface area (Å²) in [6.07, 6.45) is 0.466. The van der Waals surface area contributed by atoms with Crippen LogP contribution in [0.2, 0.25) is 0 Å². The Balaban J connectivity index is 1.96. The van der Waals surface area contributed by atoms with Crippen molar-refractivity contribution in [3.05, 3.63) is 35.9 Å². The Kier molecular flexibility index (Phi) is 3.78. The highest BCUT2D eigenvalue weighted by Gasteiger charge is 2.56. The maximum absolute atomic E-state index is 14.0. The van der Waals surface area contributed by atoms with Crippen LogP contribution >= 0.6 is 0 Å². The van der Waals surface area contributed by atoms with E-state index in [0.717, 1.165) is 18.5 Å². The van der Waals surface area contributed by atoms with Crippen molar-refractivity contribution in [1.29, 1.82) is 0 Å². The highest BCUT2D eigenvalue weighted by atomic mass is 19.1. The van der Waals surface area contributed by atoms with Crippen LogP contribution < -0.4 is 5.32 Å². The van der Waals surface area contributed by atoms with Crippen LogP contribution in [0.4, 0.5) is 8.78 Å². The number of hydrogen-bond donors (Lipinski definition) is 1. The van der Waals surface area contributed by atoms with Gasteiger partial charge >= 0.3 is 0 Å². The quantitative estimate of drug-likeness (QED) is 0.912. The zero-order valence-electron chi connectivity index (χ0n) is 11.9. The molecule has 2 aliphatic rings. The van der Waals surface area contributed by atoms with E-state index in [2.05, 4.69) is 10.2 Å². The van der Waals surface area contributed by atoms with Gasteiger partial charge in [0.2, 0.25) is 0 Å². The predicted molar refractivity (Wildman–Crippen MR) is 76.1 cm³/mol. The van der Waals surface area contributed by atoms with Crippen LogP contribution in [0.25, 0.3) is 0 Å². The zero-order valence-corrected chi connectivity index (χ0v) is 11.9. The monoisotopic (exact) mass is 280 g/mol. The topological polar surface area (TPSA) is 15.3 Å². The van der Waals surface area contributed by atoms with Gasteiger partial charge in [0.15, 0.2) is 0 Å². The molecule has 3 rings (SSSR count). The van der Waals surface area contributed by atoms with Crippen LogP contribution in [0, 0.1) is 5.92 Å². The van der Waals surface area contributed by atoms with Crippen LogP contribution in [-0.4, -0.2) is 43.4 Å². The largest absolute Gasteiger partial charge is 0.318 e. The molecule has 1 unspecified atom stereocenters. The summed E-state index contributed by atoms with van der Waals surface area (Å²) in [7, 11) is 1.89. The van der Waals surface area contributed by atoms with Crippen LogP contribution in [-0.2, 0) is 0 Å². The normalized spacial score (nSPS) is 37.2. The Morgan fingerprint density at radius 2 is 2.05 bits per heavy atom. The number of benzene rings is 1. The lowest BCUT2D eigenvalue weighted by Gasteiger charge is -2.34. The number of likely N-dealkylation sites (N-methyl/N-ethyl adjacent to an activating group) is 1. The Morgan fingerprint density at radius 1 is 1.30 bits per heavy atom. The zero-order chi connectivity index (χ0) is 14.2. The Hall–Kier alpha value is -1.00. The number of hydrogen-bond acceptors (Lipinski definition) is 2. The Morgan fingerprint density at radius 3 is 2.70 bits per heavy atom. The molecule has 0 radical (unpaired) electrons. The molecular weight excluding hydrogens is 258 g/mol. The summed E-state index contributed by atoms with van der Waals surface area (Å²) < 4.78 is 27.5. The number of nitrogens with one attached hydrogen (secondary N) is 1. The number of fused-ring (bicyclic) bond motifs is 1. The molecule has 2 fully saturated rings. The van der Waals surface area contributed by atoms with Gasteiger partial charge in [0.05, 0.1) is 6.67 Å². The summed E-state index contributed by atoms with van der Waals surface area (Å²) in [5.74, 6) is -0.0294. The molecule has 0 amide bonds. The van der Waals surface area contributed by atoms with Gasteiger partial charge in [0, 0.05) is 30.6 Å². The van der Waals surface area contributed by atoms with Gasteiger partial charge in [-0.3, -0.25) is 9.29 Å². The molecule has 0 bridgehead atoms. The summed E-state index contributed by atoms with van der Waals surface area (Å²) in [6.45, 7) is 0.823. The van der Waals surface area contributed by atoms with Crippen molar-refractivity contribution in [1.82, 2.24) is 10.2 Å². The van der Waals surface area contributed by atoms with Crippen LogP contribution in [0.15, 0.2) is 30.3 Å². The average Bonchev–Trinajstić information content (AvgIpc) is 2.90. The molecule has 4 heteroatoms. The van der Waals surface area contributed by atoms with E-state index in [1.807, 2.05) is 37.4 Å². The van der Waals surface area contributed by atoms with Gasteiger partial charge < -0.3 is 5.32 Å². The summed E-state index contributed by atoms with van der Waals surface area (Å²) in [5, 5.41) is 3.18. The van der Waals surface area contributed by atoms with E-state index in [1.165, 1.54) is 0 Å². The molecule has 2 nitrogen and oxygen atoms in total. The second-order valence-electron chi connectivity index (χ2n) is 6.18. The molecule has 2 saturated heterocycles. The average molecular weight is 280 g/mol. The third kappa shape index (κ3) is 2.15. The molecule has 4 atom stereocenters. The van der Waals surface area contributed by atoms with Gasteiger partial charge in [0.1, 0.15) is 6.17 Å². The standard InChI is InChI=1S/C16H22F2N2/c1-19-11-16-7-13(9-17)15(12-5-3-2-4-6-12)20(16)10-14(18)8-16/h2-6,13-15,19H,7-11H2,1H3/t13-,14?,15+,16-/m1/s1. The van der Waals surface area contributed by atoms with Crippen molar-refractivity contribution in [2.24, 2.45) is 5.92 Å². The van der Waals surface area contributed by atoms with E-state index in [-0.39, 0.29) is 24.2 Å². The maximum Gasteiger partial charge on any atom is 0.115 e. The SMILES string of the molecule is CNC[C@@]12CC(F)CN1[C@@H](c1ccccc1)[C@@H](CF)C2. The minimum atomic E-state index is -0.796. The van der Waals surface area contributed by atoms with Crippen molar-refractivity contribution < 1.29 is 8.78 Å². The minimum absolute atomic E-state index is 0.00954. The second-order valence-corrected chi connectivity index (χ2v) is 6.18. The first kappa shape index (κ1) is 14.0. The molecule has 0 aliphatic carbocycles. The van der Waals surface area contributed by atoms with E-state index in [1.54, 1.807) is 0 Å². The summed E-state index contributed by atoms with van der Waals surface area (Å²) >= 11 is 0. The minimum Gasteiger partial charge on any atom is -0.318 e. The van der Waals surface area contributed by atoms with Crippen LogP contribution in [0.1, 0.15) is 24.4 Å². The molecular formula is C16H22F2N2. The van der Waals surface area contributed by atoms with Crippen molar-refractivity contribution in [3.63, 3.8) is 0 Å². The summed E-state index contributed by atoms with van der Waals surface area (Å²) in [4.78, 5) is 2.22. The van der Waals surface area contributed by atoms with Crippen molar-refractivity contribution in [2.45, 2.75) is 30.6 Å². The summed E-state index contributed by atoms with van der Waals surface area (Å²) in [6, 6.07) is 10.0. The van der Waals surface area contributed by atoms with E-state index in [4.69, 9.17) is 0 Å². The van der Waals surface area contributed by atoms with E-state index < -0.39 is 6.17 Å². The molecule has 1 N–H and O–H groups in total. The Bertz CT molecular complexity index is 453. The number of halogens is 2. The van der Waals surface area contributed by atoms with E-state index >= 15 is 0 Å². The van der Waals surface area contributed by atoms with Crippen molar-refractivity contribution in [3.8, 4) is 0 Å². The first-order chi connectivity index (χ1) is 9.70. The molecule has 1 aromatic carbocycles. The molecule has 2 heterocycles. The predicted octanol–water partition coefficient (Wildman–Crippen LogP) is 2.72. The smallest absolute Gasteiger partial charge is 0.115 e. The first-order valence-electron chi connectivity index (χ1n) is 7.36. The maximum atomic E-state index is 14.0. The van der Waals surface area contributed by atoms with Crippen molar-refractivity contribution >= 4 is 0 Å². The van der Waals surface area contributed by atoms with Crippen LogP contribution in [0.5, 0.6) is 0 Å². The Labute approximate surface area is 119 Å². The van der Waals surface area contributed by atoms with E-state index in [0.29, 0.717) is 13.0 Å². The molecule has 2 aliphatic heterocycles. The molecule has 110 valence electrons. The van der Waals surface area contributed by atoms with E-state index in [9.17, 15) is 8.78 Å². The van der Waals surface area contributed by atoms with Gasteiger partial charge in [-0.1, -0.05) is 30.3 Å². The number of alkyl halides is 2. The number of rotatable bonds is 4.